The highest BCUT2D eigenvalue weighted by Crippen LogP contribution is 2.38. The van der Waals surface area contributed by atoms with Gasteiger partial charge in [0.05, 0.1) is 23.7 Å². The molecule has 0 aromatic heterocycles. The van der Waals surface area contributed by atoms with Gasteiger partial charge in [-0.3, -0.25) is 13.9 Å². The fraction of sp³-hybridized carbons (Fsp3) is 0.174. The minimum Gasteiger partial charge on any atom is -0.483 e. The van der Waals surface area contributed by atoms with Gasteiger partial charge in [0.2, 0.25) is 0 Å². The monoisotopic (exact) mass is 510 g/mol. The Morgan fingerprint density at radius 1 is 1.09 bits per heavy atom. The number of carbonyl (C=O) groups excluding carboxylic acids is 1. The summed E-state index contributed by atoms with van der Waals surface area (Å²) >= 11 is 5.89. The molecule has 3 rings (SSSR count). The number of carbonyl (C=O) groups is 1. The van der Waals surface area contributed by atoms with Crippen molar-refractivity contribution >= 4 is 33.2 Å². The molecular formula is C23H21ClF2N2O5S. The van der Waals surface area contributed by atoms with Crippen molar-refractivity contribution in [2.24, 2.45) is 0 Å². The van der Waals surface area contributed by atoms with Gasteiger partial charge < -0.3 is 4.74 Å². The molecule has 0 saturated carbocycles. The van der Waals surface area contributed by atoms with Crippen LogP contribution in [0.25, 0.3) is 0 Å². The highest BCUT2D eigenvalue weighted by Gasteiger charge is 2.34. The van der Waals surface area contributed by atoms with Gasteiger partial charge in [-0.2, -0.15) is 0 Å². The maximum atomic E-state index is 14.9. The van der Waals surface area contributed by atoms with E-state index in [9.17, 15) is 22.0 Å². The summed E-state index contributed by atoms with van der Waals surface area (Å²) in [7, 11) is -3.14. The highest BCUT2D eigenvalue weighted by molar-refractivity contribution is 7.92. The number of amides is 1. The van der Waals surface area contributed by atoms with E-state index in [0.29, 0.717) is 10.6 Å². The zero-order valence-corrected chi connectivity index (χ0v) is 19.7. The predicted molar refractivity (Wildman–Crippen MR) is 123 cm³/mol. The molecule has 3 aromatic carbocycles. The van der Waals surface area contributed by atoms with Crippen LogP contribution in [0.3, 0.4) is 0 Å². The topological polar surface area (TPSA) is 84.9 Å². The standard InChI is InChI=1S/C23H21ClF2N2O5S/c1-15(19-5-3-4-6-22(19)33-14-23(29)27-32-2)28(21-13-17(25)9-12-20(21)26)34(30,31)18-10-7-16(24)8-11-18/h3-13,15H,14H2,1-2H3,(H,27,29). The van der Waals surface area contributed by atoms with Crippen LogP contribution in [0.2, 0.25) is 5.02 Å². The van der Waals surface area contributed by atoms with Crippen molar-refractivity contribution in [2.45, 2.75) is 17.9 Å². The molecule has 11 heteroatoms. The van der Waals surface area contributed by atoms with E-state index in [2.05, 4.69) is 10.3 Å². The normalized spacial score (nSPS) is 12.1. The summed E-state index contributed by atoms with van der Waals surface area (Å²) in [5, 5.41) is 0.309. The summed E-state index contributed by atoms with van der Waals surface area (Å²) in [6, 6.07) is 13.1. The number of hydrogen-bond donors (Lipinski definition) is 1. The van der Waals surface area contributed by atoms with E-state index in [4.69, 9.17) is 16.3 Å². The molecule has 0 fully saturated rings. The van der Waals surface area contributed by atoms with Crippen molar-refractivity contribution in [3.63, 3.8) is 0 Å². The Hall–Kier alpha value is -3.21. The quantitative estimate of drug-likeness (QED) is 0.424. The van der Waals surface area contributed by atoms with E-state index in [1.165, 1.54) is 44.4 Å². The maximum Gasteiger partial charge on any atom is 0.281 e. The van der Waals surface area contributed by atoms with Crippen LogP contribution in [0, 0.1) is 11.6 Å². The summed E-state index contributed by atoms with van der Waals surface area (Å²) in [6.45, 7) is 1.07. The molecule has 3 aromatic rings. The van der Waals surface area contributed by atoms with Gasteiger partial charge in [0.25, 0.3) is 15.9 Å². The molecule has 0 heterocycles. The van der Waals surface area contributed by atoms with E-state index in [-0.39, 0.29) is 10.6 Å². The number of benzene rings is 3. The van der Waals surface area contributed by atoms with E-state index >= 15 is 0 Å². The molecule has 7 nitrogen and oxygen atoms in total. The second kappa shape index (κ2) is 10.8. The number of sulfonamides is 1. The van der Waals surface area contributed by atoms with Crippen LogP contribution in [0.1, 0.15) is 18.5 Å². The number of hydrogen-bond acceptors (Lipinski definition) is 5. The molecular weight excluding hydrogens is 490 g/mol. The molecule has 0 aliphatic carbocycles. The van der Waals surface area contributed by atoms with Gasteiger partial charge in [-0.15, -0.1) is 0 Å². The minimum absolute atomic E-state index is 0.175. The van der Waals surface area contributed by atoms with Crippen LogP contribution in [0.5, 0.6) is 5.75 Å². The van der Waals surface area contributed by atoms with Crippen molar-refractivity contribution < 1.29 is 31.6 Å². The van der Waals surface area contributed by atoms with Crippen LogP contribution in [-0.2, 0) is 19.7 Å². The largest absolute Gasteiger partial charge is 0.483 e. The Balaban J connectivity index is 2.12. The van der Waals surface area contributed by atoms with E-state index in [1.807, 2.05) is 0 Å². The molecule has 180 valence electrons. The minimum atomic E-state index is -4.40. The van der Waals surface area contributed by atoms with Crippen LogP contribution in [0.15, 0.2) is 71.6 Å². The number of hydroxylamine groups is 1. The van der Waals surface area contributed by atoms with Gasteiger partial charge in [-0.1, -0.05) is 29.8 Å². The molecule has 0 bridgehead atoms. The molecule has 0 aliphatic rings. The fourth-order valence-electron chi connectivity index (χ4n) is 3.29. The summed E-state index contributed by atoms with van der Waals surface area (Å²) in [5.74, 6) is -2.16. The third-order valence-electron chi connectivity index (χ3n) is 4.81. The lowest BCUT2D eigenvalue weighted by Crippen LogP contribution is -2.35. The lowest BCUT2D eigenvalue weighted by molar-refractivity contribution is -0.133. The number of anilines is 1. The first-order valence-electron chi connectivity index (χ1n) is 9.93. The molecule has 0 spiro atoms. The fourth-order valence-corrected chi connectivity index (χ4v) is 5.05. The van der Waals surface area contributed by atoms with Gasteiger partial charge >= 0.3 is 0 Å². The smallest absolute Gasteiger partial charge is 0.281 e. The van der Waals surface area contributed by atoms with Crippen molar-refractivity contribution in [3.8, 4) is 5.75 Å². The van der Waals surface area contributed by atoms with Gasteiger partial charge in [0.15, 0.2) is 6.61 Å². The summed E-state index contributed by atoms with van der Waals surface area (Å²) < 4.78 is 62.6. The van der Waals surface area contributed by atoms with Crippen LogP contribution < -0.4 is 14.5 Å². The van der Waals surface area contributed by atoms with Crippen molar-refractivity contribution in [1.29, 1.82) is 0 Å². The average Bonchev–Trinajstić information content (AvgIpc) is 2.80. The van der Waals surface area contributed by atoms with E-state index in [1.54, 1.807) is 18.2 Å². The van der Waals surface area contributed by atoms with Crippen LogP contribution in [-0.4, -0.2) is 28.0 Å². The molecule has 0 saturated heterocycles. The Bertz CT molecular complexity index is 1270. The first-order valence-corrected chi connectivity index (χ1v) is 11.8. The summed E-state index contributed by atoms with van der Waals surface area (Å²) in [6.07, 6.45) is 0. The Kier molecular flexibility index (Phi) is 8.08. The number of halogens is 3. The maximum absolute atomic E-state index is 14.9. The Morgan fingerprint density at radius 3 is 2.44 bits per heavy atom. The van der Waals surface area contributed by atoms with E-state index in [0.717, 1.165) is 22.5 Å². The third-order valence-corrected chi connectivity index (χ3v) is 6.96. The number of para-hydroxylation sites is 1. The van der Waals surface area contributed by atoms with Crippen molar-refractivity contribution in [1.82, 2.24) is 5.48 Å². The first-order chi connectivity index (χ1) is 16.1. The zero-order valence-electron chi connectivity index (χ0n) is 18.2. The lowest BCUT2D eigenvalue weighted by atomic mass is 10.1. The van der Waals surface area contributed by atoms with Gasteiger partial charge in [-0.25, -0.2) is 22.7 Å². The zero-order chi connectivity index (χ0) is 24.9. The summed E-state index contributed by atoms with van der Waals surface area (Å²) in [5.41, 5.74) is 1.93. The second-order valence-corrected chi connectivity index (χ2v) is 9.33. The predicted octanol–water partition coefficient (Wildman–Crippen LogP) is 4.63. The number of nitrogens with zero attached hydrogens (tertiary/aromatic N) is 1. The Labute approximate surface area is 200 Å². The van der Waals surface area contributed by atoms with Gasteiger partial charge in [0, 0.05) is 16.7 Å². The number of rotatable bonds is 9. The lowest BCUT2D eigenvalue weighted by Gasteiger charge is -2.32. The second-order valence-electron chi connectivity index (χ2n) is 7.08. The van der Waals surface area contributed by atoms with Crippen molar-refractivity contribution in [3.05, 3.63) is 89.0 Å². The number of nitrogens with one attached hydrogen (secondary N) is 1. The molecule has 34 heavy (non-hydrogen) atoms. The third kappa shape index (κ3) is 5.64. The van der Waals surface area contributed by atoms with Gasteiger partial charge in [0.1, 0.15) is 17.4 Å². The molecule has 1 atom stereocenters. The summed E-state index contributed by atoms with van der Waals surface area (Å²) in [4.78, 5) is 16.1. The molecule has 1 amide bonds. The van der Waals surface area contributed by atoms with Crippen molar-refractivity contribution in [2.75, 3.05) is 18.0 Å². The highest BCUT2D eigenvalue weighted by atomic mass is 35.5. The molecule has 1 unspecified atom stereocenters. The van der Waals surface area contributed by atoms with Gasteiger partial charge in [-0.05, 0) is 49.4 Å². The number of ether oxygens (including phenoxy) is 1. The molecule has 0 aliphatic heterocycles. The van der Waals surface area contributed by atoms with E-state index < -0.39 is 45.9 Å². The van der Waals surface area contributed by atoms with Crippen LogP contribution in [0.4, 0.5) is 14.5 Å². The SMILES string of the molecule is CONC(=O)COc1ccccc1C(C)N(c1cc(F)ccc1F)S(=O)(=O)c1ccc(Cl)cc1. The Morgan fingerprint density at radius 2 is 1.76 bits per heavy atom. The van der Waals surface area contributed by atoms with Crippen LogP contribution >= 0.6 is 11.6 Å². The first kappa shape index (κ1) is 25.4. The molecule has 1 N–H and O–H groups in total. The average molecular weight is 511 g/mol. The molecule has 0 radical (unpaired) electrons.